The van der Waals surface area contributed by atoms with E-state index in [0.717, 1.165) is 18.6 Å². The molecule has 104 valence electrons. The van der Waals surface area contributed by atoms with Crippen LogP contribution >= 0.6 is 11.8 Å². The molecule has 5 heteroatoms. The first-order valence-electron chi connectivity index (χ1n) is 6.24. The minimum absolute atomic E-state index is 0.0316. The molecule has 1 aromatic rings. The number of carbonyl (C=O) groups is 2. The Morgan fingerprint density at radius 2 is 1.89 bits per heavy atom. The zero-order valence-corrected chi connectivity index (χ0v) is 12.1. The number of rotatable bonds is 7. The van der Waals surface area contributed by atoms with Gasteiger partial charge in [0.2, 0.25) is 5.91 Å². The lowest BCUT2D eigenvalue weighted by molar-refractivity contribution is -0.115. The lowest BCUT2D eigenvalue weighted by atomic mass is 10.2. The van der Waals surface area contributed by atoms with Gasteiger partial charge in [-0.1, -0.05) is 13.3 Å². The first-order chi connectivity index (χ1) is 9.06. The van der Waals surface area contributed by atoms with E-state index in [-0.39, 0.29) is 11.5 Å². The molecule has 0 aliphatic rings. The maximum atomic E-state index is 11.9. The van der Waals surface area contributed by atoms with Gasteiger partial charge in [0.15, 0.2) is 0 Å². The number of carboxylic acids is 1. The third kappa shape index (κ3) is 4.95. The van der Waals surface area contributed by atoms with Crippen LogP contribution in [0.4, 0.5) is 5.69 Å². The quantitative estimate of drug-likeness (QED) is 0.781. The maximum Gasteiger partial charge on any atom is 0.335 e. The van der Waals surface area contributed by atoms with E-state index >= 15 is 0 Å². The molecule has 0 heterocycles. The molecule has 0 radical (unpaired) electrons. The van der Waals surface area contributed by atoms with Gasteiger partial charge in [0.25, 0.3) is 0 Å². The second-order valence-corrected chi connectivity index (χ2v) is 5.32. The Labute approximate surface area is 117 Å². The van der Waals surface area contributed by atoms with Gasteiger partial charge in [-0.2, -0.15) is 11.8 Å². The average molecular weight is 281 g/mol. The van der Waals surface area contributed by atoms with Crippen molar-refractivity contribution in [2.45, 2.75) is 19.8 Å². The average Bonchev–Trinajstić information content (AvgIpc) is 2.42. The third-order valence-electron chi connectivity index (χ3n) is 2.74. The maximum absolute atomic E-state index is 11.9. The number of benzene rings is 1. The fourth-order valence-electron chi connectivity index (χ4n) is 1.47. The molecule has 0 spiro atoms. The lowest BCUT2D eigenvalue weighted by Crippen LogP contribution is -2.28. The molecular weight excluding hydrogens is 262 g/mol. The number of nitrogens with zero attached hydrogens (tertiary/aromatic N) is 1. The van der Waals surface area contributed by atoms with E-state index in [9.17, 15) is 9.59 Å². The van der Waals surface area contributed by atoms with Crippen LogP contribution < -0.4 is 4.90 Å². The second kappa shape index (κ2) is 7.84. The monoisotopic (exact) mass is 281 g/mol. The number of anilines is 1. The minimum atomic E-state index is -0.962. The number of carboxylic acid groups (broad SMARTS) is 1. The molecular formula is C14H19NO3S. The molecule has 1 rings (SSSR count). The molecule has 1 N–H and O–H groups in total. The van der Waals surface area contributed by atoms with Gasteiger partial charge >= 0.3 is 5.97 Å². The Balaban J connectivity index is 2.54. The van der Waals surface area contributed by atoms with Crippen molar-refractivity contribution in [1.29, 1.82) is 0 Å². The van der Waals surface area contributed by atoms with Crippen LogP contribution in [-0.2, 0) is 4.79 Å². The van der Waals surface area contributed by atoms with Gasteiger partial charge in [-0.15, -0.1) is 0 Å². The van der Waals surface area contributed by atoms with Gasteiger partial charge in [-0.25, -0.2) is 4.79 Å². The summed E-state index contributed by atoms with van der Waals surface area (Å²) in [6.45, 7) is 2.12. The summed E-state index contributed by atoms with van der Waals surface area (Å²) in [5.74, 6) is 0.519. The summed E-state index contributed by atoms with van der Waals surface area (Å²) in [4.78, 5) is 24.2. The Bertz CT molecular complexity index is 431. The molecule has 19 heavy (non-hydrogen) atoms. The van der Waals surface area contributed by atoms with Crippen LogP contribution in [0.25, 0.3) is 0 Å². The zero-order chi connectivity index (χ0) is 14.3. The molecule has 0 bridgehead atoms. The van der Waals surface area contributed by atoms with Crippen LogP contribution in [-0.4, -0.2) is 35.5 Å². The van der Waals surface area contributed by atoms with Crippen LogP contribution in [0.1, 0.15) is 30.1 Å². The van der Waals surface area contributed by atoms with Gasteiger partial charge in [0, 0.05) is 12.7 Å². The van der Waals surface area contributed by atoms with E-state index in [1.54, 1.807) is 35.8 Å². The smallest absolute Gasteiger partial charge is 0.335 e. The summed E-state index contributed by atoms with van der Waals surface area (Å²) in [5, 5.41) is 8.81. The minimum Gasteiger partial charge on any atom is -0.478 e. The molecule has 0 saturated carbocycles. The highest BCUT2D eigenvalue weighted by Crippen LogP contribution is 2.15. The standard InChI is InChI=1S/C14H19NO3S/c1-3-4-9-19-10-13(16)15(2)12-7-5-11(6-8-12)14(17)18/h5-8H,3-4,9-10H2,1-2H3,(H,17,18). The van der Waals surface area contributed by atoms with Crippen LogP contribution in [0.15, 0.2) is 24.3 Å². The fourth-order valence-corrected chi connectivity index (χ4v) is 2.48. The first kappa shape index (κ1) is 15.6. The van der Waals surface area contributed by atoms with Crippen molar-refractivity contribution in [3.05, 3.63) is 29.8 Å². The number of thioether (sulfide) groups is 1. The fraction of sp³-hybridized carbons (Fsp3) is 0.429. The molecule has 0 unspecified atom stereocenters. The number of hydrogen-bond acceptors (Lipinski definition) is 3. The number of hydrogen-bond donors (Lipinski definition) is 1. The van der Waals surface area contributed by atoms with Crippen molar-refractivity contribution in [3.8, 4) is 0 Å². The SMILES string of the molecule is CCCCSCC(=O)N(C)c1ccc(C(=O)O)cc1. The molecule has 4 nitrogen and oxygen atoms in total. The Kier molecular flexibility index (Phi) is 6.42. The molecule has 0 saturated heterocycles. The van der Waals surface area contributed by atoms with E-state index in [4.69, 9.17) is 5.11 Å². The normalized spacial score (nSPS) is 10.2. The molecule has 0 atom stereocenters. The predicted octanol–water partition coefficient (Wildman–Crippen LogP) is 2.88. The van der Waals surface area contributed by atoms with E-state index in [0.29, 0.717) is 11.4 Å². The van der Waals surface area contributed by atoms with E-state index in [1.807, 2.05) is 0 Å². The molecule has 0 aromatic heterocycles. The zero-order valence-electron chi connectivity index (χ0n) is 11.3. The Morgan fingerprint density at radius 1 is 1.26 bits per heavy atom. The molecule has 1 aromatic carbocycles. The van der Waals surface area contributed by atoms with E-state index < -0.39 is 5.97 Å². The number of aromatic carboxylic acids is 1. The largest absolute Gasteiger partial charge is 0.478 e. The first-order valence-corrected chi connectivity index (χ1v) is 7.39. The summed E-state index contributed by atoms with van der Waals surface area (Å²) in [6, 6.07) is 6.31. The number of amides is 1. The summed E-state index contributed by atoms with van der Waals surface area (Å²) in [5.41, 5.74) is 0.938. The van der Waals surface area contributed by atoms with Crippen molar-refractivity contribution < 1.29 is 14.7 Å². The highest BCUT2D eigenvalue weighted by molar-refractivity contribution is 7.99. The van der Waals surface area contributed by atoms with Crippen LogP contribution in [0, 0.1) is 0 Å². The van der Waals surface area contributed by atoms with Gasteiger partial charge < -0.3 is 10.0 Å². The van der Waals surface area contributed by atoms with Crippen molar-refractivity contribution in [1.82, 2.24) is 0 Å². The van der Waals surface area contributed by atoms with Gasteiger partial charge in [0.1, 0.15) is 0 Å². The van der Waals surface area contributed by atoms with Crippen LogP contribution in [0.2, 0.25) is 0 Å². The summed E-state index contributed by atoms with van der Waals surface area (Å²) < 4.78 is 0. The Hall–Kier alpha value is -1.49. The van der Waals surface area contributed by atoms with Crippen molar-refractivity contribution in [2.24, 2.45) is 0 Å². The van der Waals surface area contributed by atoms with Crippen LogP contribution in [0.5, 0.6) is 0 Å². The van der Waals surface area contributed by atoms with Crippen molar-refractivity contribution in [2.75, 3.05) is 23.5 Å². The highest BCUT2D eigenvalue weighted by atomic mass is 32.2. The molecule has 1 amide bonds. The molecule has 0 fully saturated rings. The summed E-state index contributed by atoms with van der Waals surface area (Å²) >= 11 is 1.63. The second-order valence-electron chi connectivity index (χ2n) is 4.21. The molecule has 0 aliphatic carbocycles. The third-order valence-corrected chi connectivity index (χ3v) is 3.77. The molecule has 0 aliphatic heterocycles. The van der Waals surface area contributed by atoms with Crippen molar-refractivity contribution >= 4 is 29.3 Å². The lowest BCUT2D eigenvalue weighted by Gasteiger charge is -2.17. The van der Waals surface area contributed by atoms with Crippen LogP contribution in [0.3, 0.4) is 0 Å². The highest BCUT2D eigenvalue weighted by Gasteiger charge is 2.11. The Morgan fingerprint density at radius 3 is 2.42 bits per heavy atom. The summed E-state index contributed by atoms with van der Waals surface area (Å²) in [7, 11) is 1.71. The van der Waals surface area contributed by atoms with E-state index in [1.165, 1.54) is 12.1 Å². The van der Waals surface area contributed by atoms with Gasteiger partial charge in [-0.3, -0.25) is 4.79 Å². The predicted molar refractivity (Wildman–Crippen MR) is 79.0 cm³/mol. The van der Waals surface area contributed by atoms with Gasteiger partial charge in [-0.05, 0) is 36.4 Å². The summed E-state index contributed by atoms with van der Waals surface area (Å²) in [6.07, 6.45) is 2.25. The number of carbonyl (C=O) groups excluding carboxylic acids is 1. The number of unbranched alkanes of at least 4 members (excludes halogenated alkanes) is 1. The van der Waals surface area contributed by atoms with Gasteiger partial charge in [0.05, 0.1) is 11.3 Å². The van der Waals surface area contributed by atoms with Crippen molar-refractivity contribution in [3.63, 3.8) is 0 Å². The topological polar surface area (TPSA) is 57.6 Å². The van der Waals surface area contributed by atoms with E-state index in [2.05, 4.69) is 6.92 Å².